The van der Waals surface area contributed by atoms with E-state index in [4.69, 9.17) is 9.15 Å². The number of ether oxygens (including phenoxy) is 1. The highest BCUT2D eigenvalue weighted by molar-refractivity contribution is 5.98. The Balaban J connectivity index is 1.93. The number of aromatic hydroxyl groups is 1. The first-order chi connectivity index (χ1) is 10.7. The van der Waals surface area contributed by atoms with E-state index < -0.39 is 5.97 Å². The van der Waals surface area contributed by atoms with Crippen LogP contribution in [0.3, 0.4) is 0 Å². The Kier molecular flexibility index (Phi) is 3.70. The molecule has 112 valence electrons. The number of fused-ring (bicyclic) bond motifs is 1. The zero-order chi connectivity index (χ0) is 15.5. The number of esters is 1. The fraction of sp³-hybridized carbons (Fsp3) is 0.118. The van der Waals surface area contributed by atoms with Gasteiger partial charge in [-0.15, -0.1) is 0 Å². The number of nitrogens with one attached hydrogen (secondary N) is 1. The van der Waals surface area contributed by atoms with Crippen molar-refractivity contribution < 1.29 is 19.1 Å². The molecular formula is C17H15NO4. The van der Waals surface area contributed by atoms with E-state index in [1.54, 1.807) is 6.92 Å². The van der Waals surface area contributed by atoms with Gasteiger partial charge in [0.2, 0.25) is 5.88 Å². The van der Waals surface area contributed by atoms with E-state index in [0.29, 0.717) is 0 Å². The van der Waals surface area contributed by atoms with Crippen LogP contribution in [0.15, 0.2) is 53.1 Å². The summed E-state index contributed by atoms with van der Waals surface area (Å²) in [6, 6.07) is 13.7. The van der Waals surface area contributed by atoms with E-state index >= 15 is 0 Å². The minimum atomic E-state index is -0.628. The average Bonchev–Trinajstić information content (AvgIpc) is 2.88. The standard InChI is InChI=1S/C17H15NO4/c1-2-21-17(20)15-14(19)10-22-16(15)18-13-8-7-11-5-3-4-6-12(11)9-13/h3-10,18-19H,2H2,1H3. The Labute approximate surface area is 127 Å². The molecule has 0 unspecified atom stereocenters. The van der Waals surface area contributed by atoms with Crippen molar-refractivity contribution in [3.05, 3.63) is 54.3 Å². The van der Waals surface area contributed by atoms with Gasteiger partial charge in [-0.2, -0.15) is 0 Å². The lowest BCUT2D eigenvalue weighted by Crippen LogP contribution is -2.06. The topological polar surface area (TPSA) is 71.7 Å². The van der Waals surface area contributed by atoms with Gasteiger partial charge < -0.3 is 19.6 Å². The molecule has 0 bridgehead atoms. The number of benzene rings is 2. The van der Waals surface area contributed by atoms with Crippen molar-refractivity contribution in [3.8, 4) is 5.75 Å². The zero-order valence-corrected chi connectivity index (χ0v) is 12.0. The summed E-state index contributed by atoms with van der Waals surface area (Å²) in [5.41, 5.74) is 0.744. The molecule has 0 spiro atoms. The van der Waals surface area contributed by atoms with Crippen molar-refractivity contribution in [2.24, 2.45) is 0 Å². The van der Waals surface area contributed by atoms with Crippen LogP contribution in [-0.4, -0.2) is 17.7 Å². The van der Waals surface area contributed by atoms with Crippen LogP contribution >= 0.6 is 0 Å². The molecule has 0 amide bonds. The molecule has 3 rings (SSSR count). The molecule has 0 fully saturated rings. The fourth-order valence-corrected chi connectivity index (χ4v) is 2.24. The largest absolute Gasteiger partial charge is 0.504 e. The van der Waals surface area contributed by atoms with E-state index in [-0.39, 0.29) is 23.8 Å². The number of furan rings is 1. The molecule has 5 heteroatoms. The molecule has 2 N–H and O–H groups in total. The van der Waals surface area contributed by atoms with E-state index in [0.717, 1.165) is 22.7 Å². The lowest BCUT2D eigenvalue weighted by molar-refractivity contribution is 0.0524. The van der Waals surface area contributed by atoms with Gasteiger partial charge in [-0.05, 0) is 29.8 Å². The molecule has 3 aromatic rings. The second kappa shape index (κ2) is 5.81. The first-order valence-corrected chi connectivity index (χ1v) is 6.92. The summed E-state index contributed by atoms with van der Waals surface area (Å²) in [6.07, 6.45) is 1.11. The van der Waals surface area contributed by atoms with Gasteiger partial charge in [0.1, 0.15) is 6.26 Å². The first kappa shape index (κ1) is 14.0. The zero-order valence-electron chi connectivity index (χ0n) is 12.0. The van der Waals surface area contributed by atoms with Crippen molar-refractivity contribution in [2.45, 2.75) is 6.92 Å². The van der Waals surface area contributed by atoms with Gasteiger partial charge in [0.25, 0.3) is 0 Å². The number of hydrogen-bond acceptors (Lipinski definition) is 5. The molecule has 0 atom stereocenters. The smallest absolute Gasteiger partial charge is 0.347 e. The van der Waals surface area contributed by atoms with Crippen LogP contribution in [0, 0.1) is 0 Å². The summed E-state index contributed by atoms with van der Waals surface area (Å²) in [5, 5.41) is 14.9. The van der Waals surface area contributed by atoms with Crippen molar-refractivity contribution >= 4 is 28.3 Å². The second-order valence-electron chi connectivity index (χ2n) is 4.73. The third-order valence-electron chi connectivity index (χ3n) is 3.26. The molecule has 1 heterocycles. The number of rotatable bonds is 4. The molecule has 0 saturated heterocycles. The Morgan fingerprint density at radius 2 is 2.00 bits per heavy atom. The fourth-order valence-electron chi connectivity index (χ4n) is 2.24. The van der Waals surface area contributed by atoms with Gasteiger partial charge >= 0.3 is 5.97 Å². The number of anilines is 2. The quantitative estimate of drug-likeness (QED) is 0.711. The molecule has 0 aliphatic carbocycles. The highest BCUT2D eigenvalue weighted by Crippen LogP contribution is 2.32. The molecule has 5 nitrogen and oxygen atoms in total. The summed E-state index contributed by atoms with van der Waals surface area (Å²) < 4.78 is 10.1. The maximum Gasteiger partial charge on any atom is 0.347 e. The van der Waals surface area contributed by atoms with E-state index in [2.05, 4.69) is 5.32 Å². The van der Waals surface area contributed by atoms with Crippen molar-refractivity contribution in [1.29, 1.82) is 0 Å². The van der Waals surface area contributed by atoms with Crippen molar-refractivity contribution in [1.82, 2.24) is 0 Å². The molecule has 22 heavy (non-hydrogen) atoms. The third kappa shape index (κ3) is 2.61. The van der Waals surface area contributed by atoms with Gasteiger partial charge in [-0.3, -0.25) is 0 Å². The highest BCUT2D eigenvalue weighted by Gasteiger charge is 2.22. The predicted molar refractivity (Wildman–Crippen MR) is 83.6 cm³/mol. The summed E-state index contributed by atoms with van der Waals surface area (Å²) in [7, 11) is 0. The lowest BCUT2D eigenvalue weighted by atomic mass is 10.1. The molecule has 0 aliphatic rings. The minimum absolute atomic E-state index is 0.00462. The van der Waals surface area contributed by atoms with Crippen LogP contribution in [0.5, 0.6) is 5.75 Å². The maximum absolute atomic E-state index is 11.9. The molecule has 0 radical (unpaired) electrons. The molecular weight excluding hydrogens is 282 g/mol. The van der Waals surface area contributed by atoms with E-state index in [1.165, 1.54) is 0 Å². The Hall–Kier alpha value is -2.95. The monoisotopic (exact) mass is 297 g/mol. The number of carbonyl (C=O) groups excluding carboxylic acids is 1. The highest BCUT2D eigenvalue weighted by atomic mass is 16.5. The van der Waals surface area contributed by atoms with Gasteiger partial charge in [0, 0.05) is 5.69 Å². The van der Waals surface area contributed by atoms with Gasteiger partial charge in [-0.25, -0.2) is 4.79 Å². The molecule has 0 aliphatic heterocycles. The summed E-state index contributed by atoms with van der Waals surface area (Å²) in [4.78, 5) is 11.9. The minimum Gasteiger partial charge on any atom is -0.504 e. The maximum atomic E-state index is 11.9. The predicted octanol–water partition coefficient (Wildman–Crippen LogP) is 4.06. The summed E-state index contributed by atoms with van der Waals surface area (Å²) in [5.74, 6) is -0.718. The van der Waals surface area contributed by atoms with E-state index in [9.17, 15) is 9.90 Å². The van der Waals surface area contributed by atoms with E-state index in [1.807, 2.05) is 42.5 Å². The average molecular weight is 297 g/mol. The summed E-state index contributed by atoms with van der Waals surface area (Å²) in [6.45, 7) is 1.92. The van der Waals surface area contributed by atoms with Gasteiger partial charge in [-0.1, -0.05) is 30.3 Å². The molecule has 0 saturated carbocycles. The Morgan fingerprint density at radius 1 is 1.23 bits per heavy atom. The van der Waals surface area contributed by atoms with Crippen LogP contribution < -0.4 is 5.32 Å². The SMILES string of the molecule is CCOC(=O)c1c(O)coc1Nc1ccc2ccccc2c1. The van der Waals surface area contributed by atoms with Crippen LogP contribution in [0.1, 0.15) is 17.3 Å². The third-order valence-corrected chi connectivity index (χ3v) is 3.26. The summed E-state index contributed by atoms with van der Waals surface area (Å²) >= 11 is 0. The van der Waals surface area contributed by atoms with Crippen molar-refractivity contribution in [2.75, 3.05) is 11.9 Å². The van der Waals surface area contributed by atoms with Gasteiger partial charge in [0.05, 0.1) is 6.61 Å². The number of carbonyl (C=O) groups is 1. The van der Waals surface area contributed by atoms with Crippen molar-refractivity contribution in [3.63, 3.8) is 0 Å². The van der Waals surface area contributed by atoms with Crippen LogP contribution in [0.2, 0.25) is 0 Å². The molecule has 2 aromatic carbocycles. The van der Waals surface area contributed by atoms with Crippen LogP contribution in [0.4, 0.5) is 11.6 Å². The van der Waals surface area contributed by atoms with Gasteiger partial charge in [0.15, 0.2) is 11.3 Å². The second-order valence-corrected chi connectivity index (χ2v) is 4.73. The Morgan fingerprint density at radius 3 is 2.77 bits per heavy atom. The normalized spacial score (nSPS) is 10.6. The number of hydrogen-bond donors (Lipinski definition) is 2. The lowest BCUT2D eigenvalue weighted by Gasteiger charge is -2.07. The molecule has 1 aromatic heterocycles. The van der Waals surface area contributed by atoms with Crippen LogP contribution in [-0.2, 0) is 4.74 Å². The Bertz CT molecular complexity index is 822. The first-order valence-electron chi connectivity index (χ1n) is 6.92. The van der Waals surface area contributed by atoms with Crippen LogP contribution in [0.25, 0.3) is 10.8 Å².